The number of methoxy groups -OCH3 is 1. The van der Waals surface area contributed by atoms with Crippen LogP contribution in [-0.4, -0.2) is 54.2 Å². The summed E-state index contributed by atoms with van der Waals surface area (Å²) >= 11 is 1.25. The number of carbonyl (C=O) groups is 2. The monoisotopic (exact) mass is 312 g/mol. The van der Waals surface area contributed by atoms with Crippen molar-refractivity contribution < 1.29 is 27.9 Å². The largest absolute Gasteiger partial charge is 0.480 e. The minimum absolute atomic E-state index is 0.155. The SMILES string of the molecule is CCCC1SCC(C(=O)O)N1S(=O)(=O)NC(=O)OC. The van der Waals surface area contributed by atoms with E-state index in [1.807, 2.05) is 6.92 Å². The molecule has 1 aliphatic heterocycles. The van der Waals surface area contributed by atoms with E-state index in [0.717, 1.165) is 11.4 Å². The molecule has 0 saturated carbocycles. The van der Waals surface area contributed by atoms with Crippen LogP contribution in [-0.2, 0) is 19.7 Å². The van der Waals surface area contributed by atoms with Crippen molar-refractivity contribution in [1.29, 1.82) is 0 Å². The average Bonchev–Trinajstić information content (AvgIpc) is 2.73. The van der Waals surface area contributed by atoms with E-state index in [0.29, 0.717) is 12.8 Å². The molecule has 19 heavy (non-hydrogen) atoms. The number of nitrogens with zero attached hydrogens (tertiary/aromatic N) is 1. The number of nitrogens with one attached hydrogen (secondary N) is 1. The molecular weight excluding hydrogens is 296 g/mol. The quantitative estimate of drug-likeness (QED) is 0.746. The Hall–Kier alpha value is -1.00. The molecule has 1 rings (SSSR count). The van der Waals surface area contributed by atoms with Crippen LogP contribution in [0.5, 0.6) is 0 Å². The van der Waals surface area contributed by atoms with Gasteiger partial charge < -0.3 is 9.84 Å². The molecule has 8 nitrogen and oxygen atoms in total. The topological polar surface area (TPSA) is 113 Å². The number of amides is 1. The van der Waals surface area contributed by atoms with E-state index < -0.39 is 33.7 Å². The van der Waals surface area contributed by atoms with Crippen molar-refractivity contribution in [2.45, 2.75) is 31.2 Å². The van der Waals surface area contributed by atoms with Crippen LogP contribution < -0.4 is 4.72 Å². The predicted molar refractivity (Wildman–Crippen MR) is 68.9 cm³/mol. The van der Waals surface area contributed by atoms with Crippen LogP contribution in [0, 0.1) is 0 Å². The van der Waals surface area contributed by atoms with E-state index in [1.165, 1.54) is 11.8 Å². The number of ether oxygens (including phenoxy) is 1. The highest BCUT2D eigenvalue weighted by atomic mass is 32.2. The molecule has 0 aromatic heterocycles. The first-order valence-corrected chi connectivity index (χ1v) is 8.06. The van der Waals surface area contributed by atoms with Crippen LogP contribution in [0.15, 0.2) is 0 Å². The normalized spacial score (nSPS) is 24.1. The highest BCUT2D eigenvalue weighted by Crippen LogP contribution is 2.34. The number of hydrogen-bond acceptors (Lipinski definition) is 6. The molecule has 1 aliphatic rings. The van der Waals surface area contributed by atoms with E-state index in [-0.39, 0.29) is 5.75 Å². The van der Waals surface area contributed by atoms with Gasteiger partial charge in [-0.3, -0.25) is 4.79 Å². The van der Waals surface area contributed by atoms with Crippen molar-refractivity contribution in [2.24, 2.45) is 0 Å². The fraction of sp³-hybridized carbons (Fsp3) is 0.778. The molecule has 2 unspecified atom stereocenters. The summed E-state index contributed by atoms with van der Waals surface area (Å²) in [5.74, 6) is -1.08. The molecule has 1 saturated heterocycles. The number of rotatable bonds is 5. The molecule has 0 bridgehead atoms. The molecule has 0 aliphatic carbocycles. The first-order chi connectivity index (χ1) is 8.83. The Balaban J connectivity index is 3.00. The average molecular weight is 312 g/mol. The standard InChI is InChI=1S/C9H16N2O6S2/c1-3-4-7-11(6(5-18-7)8(12)13)19(15,16)10-9(14)17-2/h6-7H,3-5H2,1-2H3,(H,10,14)(H,12,13). The first kappa shape index (κ1) is 16.1. The van der Waals surface area contributed by atoms with Gasteiger partial charge in [-0.15, -0.1) is 11.8 Å². The molecule has 1 amide bonds. The molecule has 10 heteroatoms. The summed E-state index contributed by atoms with van der Waals surface area (Å²) in [7, 11) is -3.20. The lowest BCUT2D eigenvalue weighted by Crippen LogP contribution is -2.51. The third kappa shape index (κ3) is 3.74. The summed E-state index contributed by atoms with van der Waals surface area (Å²) in [5.41, 5.74) is 0. The van der Waals surface area contributed by atoms with Crippen molar-refractivity contribution in [1.82, 2.24) is 9.03 Å². The highest BCUT2D eigenvalue weighted by Gasteiger charge is 2.46. The fourth-order valence-electron chi connectivity index (χ4n) is 1.71. The van der Waals surface area contributed by atoms with Gasteiger partial charge in [0.05, 0.1) is 12.5 Å². The van der Waals surface area contributed by atoms with Crippen LogP contribution >= 0.6 is 11.8 Å². The molecule has 0 spiro atoms. The second kappa shape index (κ2) is 6.44. The zero-order valence-electron chi connectivity index (χ0n) is 10.5. The first-order valence-electron chi connectivity index (χ1n) is 5.57. The van der Waals surface area contributed by atoms with Gasteiger partial charge in [0.1, 0.15) is 6.04 Å². The third-order valence-electron chi connectivity index (χ3n) is 2.53. The summed E-state index contributed by atoms with van der Waals surface area (Å²) in [6.07, 6.45) is 0.0707. The maximum Gasteiger partial charge on any atom is 0.421 e. The molecule has 110 valence electrons. The Labute approximate surface area is 115 Å². The molecule has 2 N–H and O–H groups in total. The Bertz CT molecular complexity index is 452. The van der Waals surface area contributed by atoms with Gasteiger partial charge in [0.2, 0.25) is 0 Å². The highest BCUT2D eigenvalue weighted by molar-refractivity contribution is 8.01. The smallest absolute Gasteiger partial charge is 0.421 e. The maximum atomic E-state index is 12.0. The molecule has 2 atom stereocenters. The van der Waals surface area contributed by atoms with Crippen molar-refractivity contribution in [3.63, 3.8) is 0 Å². The summed E-state index contributed by atoms with van der Waals surface area (Å²) in [4.78, 5) is 22.1. The van der Waals surface area contributed by atoms with Gasteiger partial charge in [0, 0.05) is 5.75 Å². The lowest BCUT2D eigenvalue weighted by Gasteiger charge is -2.25. The molecular formula is C9H16N2O6S2. The van der Waals surface area contributed by atoms with Gasteiger partial charge in [0.25, 0.3) is 0 Å². The number of carboxylic acids is 1. The summed E-state index contributed by atoms with van der Waals surface area (Å²) in [6, 6.07) is -1.18. The van der Waals surface area contributed by atoms with E-state index in [4.69, 9.17) is 5.11 Å². The summed E-state index contributed by atoms with van der Waals surface area (Å²) in [6.45, 7) is 1.87. The van der Waals surface area contributed by atoms with Crippen molar-refractivity contribution in [2.75, 3.05) is 12.9 Å². The van der Waals surface area contributed by atoms with Crippen LogP contribution in [0.1, 0.15) is 19.8 Å². The van der Waals surface area contributed by atoms with E-state index in [2.05, 4.69) is 4.74 Å². The minimum atomic E-state index is -4.23. The van der Waals surface area contributed by atoms with Gasteiger partial charge in [0.15, 0.2) is 0 Å². The molecule has 1 fully saturated rings. The number of carbonyl (C=O) groups excluding carboxylic acids is 1. The number of aliphatic carboxylic acids is 1. The Kier molecular flexibility index (Phi) is 5.44. The van der Waals surface area contributed by atoms with Crippen LogP contribution in [0.4, 0.5) is 4.79 Å². The minimum Gasteiger partial charge on any atom is -0.480 e. The molecule has 0 radical (unpaired) electrons. The molecule has 0 aromatic rings. The van der Waals surface area contributed by atoms with Gasteiger partial charge in [-0.05, 0) is 6.42 Å². The van der Waals surface area contributed by atoms with Crippen LogP contribution in [0.3, 0.4) is 0 Å². The van der Waals surface area contributed by atoms with Gasteiger partial charge in [-0.25, -0.2) is 9.52 Å². The van der Waals surface area contributed by atoms with Crippen LogP contribution in [0.2, 0.25) is 0 Å². The number of hydrogen-bond donors (Lipinski definition) is 2. The number of carboxylic acid groups (broad SMARTS) is 1. The Morgan fingerprint density at radius 1 is 1.53 bits per heavy atom. The lowest BCUT2D eigenvalue weighted by atomic mass is 10.3. The lowest BCUT2D eigenvalue weighted by molar-refractivity contribution is -0.140. The van der Waals surface area contributed by atoms with Crippen molar-refractivity contribution in [3.8, 4) is 0 Å². The van der Waals surface area contributed by atoms with E-state index >= 15 is 0 Å². The van der Waals surface area contributed by atoms with Gasteiger partial charge in [-0.2, -0.15) is 12.7 Å². The van der Waals surface area contributed by atoms with Gasteiger partial charge >= 0.3 is 22.3 Å². The third-order valence-corrected chi connectivity index (χ3v) is 5.51. The summed E-state index contributed by atoms with van der Waals surface area (Å²) < 4.78 is 30.8. The molecule has 1 heterocycles. The predicted octanol–water partition coefficient (Wildman–Crippen LogP) is 0.215. The van der Waals surface area contributed by atoms with Crippen molar-refractivity contribution in [3.05, 3.63) is 0 Å². The van der Waals surface area contributed by atoms with Crippen LogP contribution in [0.25, 0.3) is 0 Å². The fourth-order valence-corrected chi connectivity index (χ4v) is 5.04. The maximum absolute atomic E-state index is 12.0. The van der Waals surface area contributed by atoms with E-state index in [1.54, 1.807) is 4.72 Å². The van der Waals surface area contributed by atoms with Gasteiger partial charge in [-0.1, -0.05) is 13.3 Å². The second-order valence-electron chi connectivity index (χ2n) is 3.86. The number of thioether (sulfide) groups is 1. The van der Waals surface area contributed by atoms with Crippen molar-refractivity contribution >= 4 is 34.0 Å². The Morgan fingerprint density at radius 2 is 2.16 bits per heavy atom. The second-order valence-corrected chi connectivity index (χ2v) is 6.65. The zero-order chi connectivity index (χ0) is 14.6. The Morgan fingerprint density at radius 3 is 2.63 bits per heavy atom. The zero-order valence-corrected chi connectivity index (χ0v) is 12.2. The van der Waals surface area contributed by atoms with E-state index in [9.17, 15) is 18.0 Å². The summed E-state index contributed by atoms with van der Waals surface area (Å²) in [5, 5.41) is 8.57. The molecule has 0 aromatic carbocycles.